The van der Waals surface area contributed by atoms with Gasteiger partial charge in [0, 0.05) is 23.2 Å². The molecule has 5 heteroatoms. The van der Waals surface area contributed by atoms with Crippen molar-refractivity contribution < 1.29 is 14.7 Å². The minimum atomic E-state index is -0.814. The lowest BCUT2D eigenvalue weighted by atomic mass is 10.0. The number of aryl methyl sites for hydroxylation is 1. The third-order valence-electron chi connectivity index (χ3n) is 3.61. The maximum Gasteiger partial charge on any atom is 0.312 e. The summed E-state index contributed by atoms with van der Waals surface area (Å²) in [6, 6.07) is 3.64. The number of rotatable bonds is 3. The zero-order chi connectivity index (χ0) is 13.6. The molecule has 0 spiro atoms. The van der Waals surface area contributed by atoms with Gasteiger partial charge in [0.2, 0.25) is 5.78 Å². The number of hydrogen-bond donors (Lipinski definition) is 1. The van der Waals surface area contributed by atoms with Crippen molar-refractivity contribution in [3.63, 3.8) is 0 Å². The second kappa shape index (κ2) is 4.35. The van der Waals surface area contributed by atoms with Gasteiger partial charge in [0.1, 0.15) is 0 Å². The van der Waals surface area contributed by atoms with Crippen LogP contribution in [0.1, 0.15) is 39.6 Å². The van der Waals surface area contributed by atoms with Gasteiger partial charge in [-0.1, -0.05) is 0 Å². The molecule has 0 aromatic carbocycles. The molecule has 4 nitrogen and oxygen atoms in total. The van der Waals surface area contributed by atoms with Crippen molar-refractivity contribution in [2.45, 2.75) is 25.8 Å². The molecule has 3 rings (SSSR count). The predicted molar refractivity (Wildman–Crippen MR) is 71.9 cm³/mol. The summed E-state index contributed by atoms with van der Waals surface area (Å²) in [4.78, 5) is 23.7. The normalized spacial score (nSPS) is 17.4. The number of fused-ring (bicyclic) bond motifs is 1. The third kappa shape index (κ3) is 1.81. The van der Waals surface area contributed by atoms with Gasteiger partial charge in [-0.15, -0.1) is 0 Å². The summed E-state index contributed by atoms with van der Waals surface area (Å²) in [5.74, 6) is -1.32. The van der Waals surface area contributed by atoms with Crippen molar-refractivity contribution >= 4 is 23.1 Å². The summed E-state index contributed by atoms with van der Waals surface area (Å²) in [5, 5.41) is 12.9. The Labute approximate surface area is 114 Å². The van der Waals surface area contributed by atoms with Crippen molar-refractivity contribution in [3.05, 3.63) is 45.4 Å². The fraction of sp³-hybridized carbons (Fsp3) is 0.286. The van der Waals surface area contributed by atoms with E-state index in [9.17, 15) is 14.7 Å². The summed E-state index contributed by atoms with van der Waals surface area (Å²) in [6.45, 7) is 2.47. The standard InChI is InChI=1S/C14H13NO3S/c1-8-6-11-10(14(17)18)2-4-15(11)12(8)13(16)9-3-5-19-7-9/h3,5-7,10H,2,4H2,1H3,(H,17,18). The molecule has 0 fully saturated rings. The maximum absolute atomic E-state index is 12.5. The number of thiophene rings is 1. The van der Waals surface area contributed by atoms with Crippen molar-refractivity contribution in [2.75, 3.05) is 0 Å². The fourth-order valence-corrected chi connectivity index (χ4v) is 3.36. The lowest BCUT2D eigenvalue weighted by Crippen LogP contribution is -2.10. The van der Waals surface area contributed by atoms with Gasteiger partial charge >= 0.3 is 5.97 Å². The Morgan fingerprint density at radius 3 is 2.89 bits per heavy atom. The van der Waals surface area contributed by atoms with E-state index in [-0.39, 0.29) is 5.78 Å². The summed E-state index contributed by atoms with van der Waals surface area (Å²) >= 11 is 1.49. The highest BCUT2D eigenvalue weighted by atomic mass is 32.1. The zero-order valence-corrected chi connectivity index (χ0v) is 11.2. The van der Waals surface area contributed by atoms with E-state index in [4.69, 9.17) is 0 Å². The van der Waals surface area contributed by atoms with Crippen LogP contribution in [0.5, 0.6) is 0 Å². The van der Waals surface area contributed by atoms with Crippen molar-refractivity contribution in [2.24, 2.45) is 0 Å². The lowest BCUT2D eigenvalue weighted by Gasteiger charge is -2.05. The molecule has 19 heavy (non-hydrogen) atoms. The topological polar surface area (TPSA) is 59.3 Å². The van der Waals surface area contributed by atoms with Crippen LogP contribution in [0.15, 0.2) is 22.9 Å². The number of nitrogens with zero attached hydrogens (tertiary/aromatic N) is 1. The first-order chi connectivity index (χ1) is 9.09. The van der Waals surface area contributed by atoms with Crippen LogP contribution in [0.2, 0.25) is 0 Å². The molecule has 98 valence electrons. The summed E-state index contributed by atoms with van der Waals surface area (Å²) in [6.07, 6.45) is 0.564. The van der Waals surface area contributed by atoms with E-state index in [1.54, 1.807) is 6.07 Å². The Hall–Kier alpha value is -1.88. The maximum atomic E-state index is 12.5. The van der Waals surface area contributed by atoms with Crippen LogP contribution in [0, 0.1) is 6.92 Å². The zero-order valence-electron chi connectivity index (χ0n) is 10.4. The van der Waals surface area contributed by atoms with E-state index in [1.807, 2.05) is 28.3 Å². The molecule has 1 N–H and O–H groups in total. The van der Waals surface area contributed by atoms with Gasteiger partial charge in [-0.25, -0.2) is 0 Å². The van der Waals surface area contributed by atoms with Crippen molar-refractivity contribution in [1.29, 1.82) is 0 Å². The first kappa shape index (κ1) is 12.2. The SMILES string of the molecule is Cc1cc2n(c1C(=O)c1ccsc1)CCC2C(=O)O. The van der Waals surface area contributed by atoms with E-state index in [0.29, 0.717) is 24.2 Å². The van der Waals surface area contributed by atoms with Gasteiger partial charge in [0.25, 0.3) is 0 Å². The van der Waals surface area contributed by atoms with E-state index in [1.165, 1.54) is 11.3 Å². The largest absolute Gasteiger partial charge is 0.481 e. The number of aliphatic carboxylic acids is 1. The van der Waals surface area contributed by atoms with Crippen LogP contribution < -0.4 is 0 Å². The number of ketones is 1. The number of carbonyl (C=O) groups is 2. The smallest absolute Gasteiger partial charge is 0.312 e. The minimum Gasteiger partial charge on any atom is -0.481 e. The highest BCUT2D eigenvalue weighted by Gasteiger charge is 2.33. The predicted octanol–water partition coefficient (Wildman–Crippen LogP) is 2.66. The van der Waals surface area contributed by atoms with E-state index in [2.05, 4.69) is 0 Å². The second-order valence-corrected chi connectivity index (χ2v) is 5.55. The van der Waals surface area contributed by atoms with Gasteiger partial charge in [-0.05, 0) is 36.4 Å². The lowest BCUT2D eigenvalue weighted by molar-refractivity contribution is -0.138. The van der Waals surface area contributed by atoms with Gasteiger partial charge in [0.15, 0.2) is 0 Å². The number of carboxylic acid groups (broad SMARTS) is 1. The average molecular weight is 275 g/mol. The molecule has 0 saturated heterocycles. The third-order valence-corrected chi connectivity index (χ3v) is 4.30. The Balaban J connectivity index is 2.07. The molecule has 2 aromatic rings. The van der Waals surface area contributed by atoms with E-state index >= 15 is 0 Å². The molecule has 2 aromatic heterocycles. The van der Waals surface area contributed by atoms with Crippen molar-refractivity contribution in [1.82, 2.24) is 4.57 Å². The molecular weight excluding hydrogens is 262 g/mol. The van der Waals surface area contributed by atoms with Gasteiger partial charge in [-0.2, -0.15) is 11.3 Å². The van der Waals surface area contributed by atoms with Crippen LogP contribution >= 0.6 is 11.3 Å². The second-order valence-electron chi connectivity index (χ2n) is 4.77. The van der Waals surface area contributed by atoms with Gasteiger partial charge < -0.3 is 9.67 Å². The molecule has 3 heterocycles. The number of carboxylic acids is 1. The first-order valence-electron chi connectivity index (χ1n) is 6.09. The number of aromatic nitrogens is 1. The quantitative estimate of drug-likeness (QED) is 0.876. The highest BCUT2D eigenvalue weighted by molar-refractivity contribution is 7.08. The summed E-state index contributed by atoms with van der Waals surface area (Å²) in [5.41, 5.74) is 2.92. The van der Waals surface area contributed by atoms with Crippen LogP contribution in [0.4, 0.5) is 0 Å². The Bertz CT molecular complexity index is 655. The van der Waals surface area contributed by atoms with Crippen LogP contribution in [-0.2, 0) is 11.3 Å². The fourth-order valence-electron chi connectivity index (χ4n) is 2.73. The van der Waals surface area contributed by atoms with Crippen LogP contribution in [0.3, 0.4) is 0 Å². The molecule has 0 bridgehead atoms. The van der Waals surface area contributed by atoms with Crippen LogP contribution in [-0.4, -0.2) is 21.4 Å². The Kier molecular flexibility index (Phi) is 2.78. The molecule has 1 atom stereocenters. The van der Waals surface area contributed by atoms with E-state index in [0.717, 1.165) is 11.3 Å². The molecular formula is C14H13NO3S. The molecule has 0 saturated carbocycles. The van der Waals surface area contributed by atoms with Crippen molar-refractivity contribution in [3.8, 4) is 0 Å². The highest BCUT2D eigenvalue weighted by Crippen LogP contribution is 2.33. The molecule has 1 aliphatic heterocycles. The van der Waals surface area contributed by atoms with E-state index < -0.39 is 11.9 Å². The Morgan fingerprint density at radius 1 is 1.47 bits per heavy atom. The summed E-state index contributed by atoms with van der Waals surface area (Å²) < 4.78 is 1.87. The number of hydrogen-bond acceptors (Lipinski definition) is 3. The molecule has 1 aliphatic rings. The monoisotopic (exact) mass is 275 g/mol. The average Bonchev–Trinajstić information content (AvgIpc) is 3.01. The van der Waals surface area contributed by atoms with Gasteiger partial charge in [0.05, 0.1) is 11.6 Å². The van der Waals surface area contributed by atoms with Gasteiger partial charge in [-0.3, -0.25) is 9.59 Å². The van der Waals surface area contributed by atoms with Crippen LogP contribution in [0.25, 0.3) is 0 Å². The first-order valence-corrected chi connectivity index (χ1v) is 7.03. The molecule has 0 aliphatic carbocycles. The molecule has 0 amide bonds. The molecule has 1 unspecified atom stereocenters. The Morgan fingerprint density at radius 2 is 2.26 bits per heavy atom. The number of carbonyl (C=O) groups excluding carboxylic acids is 1. The minimum absolute atomic E-state index is 0.0176. The summed E-state index contributed by atoms with van der Waals surface area (Å²) in [7, 11) is 0. The molecule has 0 radical (unpaired) electrons.